The Balaban J connectivity index is 1.91. The third-order valence-electron chi connectivity index (χ3n) is 2.69. The summed E-state index contributed by atoms with van der Waals surface area (Å²) in [5.74, 6) is -3.94. The third-order valence-corrected chi connectivity index (χ3v) is 2.69. The average molecular weight is 282 g/mol. The number of hydrogen-bond donors (Lipinski definition) is 1. The van der Waals surface area contributed by atoms with E-state index in [2.05, 4.69) is 4.84 Å². The lowest BCUT2D eigenvalue weighted by Crippen LogP contribution is -2.42. The standard InChI is InChI=1S/C11H10N2O7/c14-6-1-2-7(15)12(6)10(18)5-11(19)20-13-8(16)3-4-9(13)17/h1-2,10,18H,3-5H2. The molecule has 20 heavy (non-hydrogen) atoms. The van der Waals surface area contributed by atoms with Crippen molar-refractivity contribution in [2.24, 2.45) is 0 Å². The Labute approximate surface area is 112 Å². The van der Waals surface area contributed by atoms with Gasteiger partial charge in [-0.05, 0) is 0 Å². The van der Waals surface area contributed by atoms with Crippen LogP contribution in [0.1, 0.15) is 19.3 Å². The molecule has 0 radical (unpaired) electrons. The van der Waals surface area contributed by atoms with E-state index in [0.29, 0.717) is 9.96 Å². The average Bonchev–Trinajstić information content (AvgIpc) is 2.86. The van der Waals surface area contributed by atoms with E-state index in [1.165, 1.54) is 0 Å². The maximum atomic E-state index is 11.5. The molecule has 4 amide bonds. The van der Waals surface area contributed by atoms with Gasteiger partial charge in [0, 0.05) is 25.0 Å². The molecule has 1 unspecified atom stereocenters. The number of aliphatic hydroxyl groups is 1. The molecular formula is C11H10N2O7. The van der Waals surface area contributed by atoms with E-state index in [0.717, 1.165) is 12.2 Å². The van der Waals surface area contributed by atoms with Crippen molar-refractivity contribution >= 4 is 29.6 Å². The second kappa shape index (κ2) is 5.21. The first-order valence-corrected chi connectivity index (χ1v) is 5.70. The summed E-state index contributed by atoms with van der Waals surface area (Å²) in [6.07, 6.45) is -0.667. The highest BCUT2D eigenvalue weighted by Crippen LogP contribution is 2.15. The highest BCUT2D eigenvalue weighted by Gasteiger charge is 2.35. The second-order valence-electron chi connectivity index (χ2n) is 4.11. The molecule has 2 heterocycles. The molecule has 9 nitrogen and oxygen atoms in total. The molecule has 0 saturated carbocycles. The van der Waals surface area contributed by atoms with Gasteiger partial charge in [0.25, 0.3) is 23.6 Å². The van der Waals surface area contributed by atoms with Crippen LogP contribution in [0.2, 0.25) is 0 Å². The number of carbonyl (C=O) groups excluding carboxylic acids is 5. The van der Waals surface area contributed by atoms with Gasteiger partial charge in [-0.3, -0.25) is 19.2 Å². The Morgan fingerprint density at radius 2 is 1.65 bits per heavy atom. The second-order valence-corrected chi connectivity index (χ2v) is 4.11. The van der Waals surface area contributed by atoms with Crippen molar-refractivity contribution in [3.63, 3.8) is 0 Å². The molecule has 1 saturated heterocycles. The van der Waals surface area contributed by atoms with Crippen LogP contribution in [0.5, 0.6) is 0 Å². The minimum atomic E-state index is -1.72. The predicted molar refractivity (Wildman–Crippen MR) is 58.8 cm³/mol. The predicted octanol–water partition coefficient (Wildman–Crippen LogP) is -1.77. The SMILES string of the molecule is O=C(CC(O)N1C(=O)C=CC1=O)ON1C(=O)CCC1=O. The normalized spacial score (nSPS) is 20.1. The number of imide groups is 2. The lowest BCUT2D eigenvalue weighted by atomic mass is 10.3. The number of hydroxylamine groups is 2. The summed E-state index contributed by atoms with van der Waals surface area (Å²) in [5, 5.41) is 9.94. The first-order valence-electron chi connectivity index (χ1n) is 5.70. The molecule has 1 atom stereocenters. The van der Waals surface area contributed by atoms with Crippen molar-refractivity contribution in [1.82, 2.24) is 9.96 Å². The van der Waals surface area contributed by atoms with Gasteiger partial charge in [-0.15, -0.1) is 5.06 Å². The topological polar surface area (TPSA) is 121 Å². The molecule has 2 aliphatic rings. The Kier molecular flexibility index (Phi) is 3.61. The summed E-state index contributed by atoms with van der Waals surface area (Å²) >= 11 is 0. The van der Waals surface area contributed by atoms with Crippen LogP contribution in [-0.4, -0.2) is 50.9 Å². The Hall–Kier alpha value is -2.55. The van der Waals surface area contributed by atoms with E-state index in [-0.39, 0.29) is 12.8 Å². The molecule has 2 aliphatic heterocycles. The first kappa shape index (κ1) is 13.9. The minimum absolute atomic E-state index is 0.0539. The monoisotopic (exact) mass is 282 g/mol. The smallest absolute Gasteiger partial charge is 0.337 e. The quantitative estimate of drug-likeness (QED) is 0.605. The molecule has 0 aromatic heterocycles. The number of carbonyl (C=O) groups is 5. The van der Waals surface area contributed by atoms with Gasteiger partial charge in [-0.2, -0.15) is 0 Å². The van der Waals surface area contributed by atoms with Crippen LogP contribution in [0.15, 0.2) is 12.2 Å². The van der Waals surface area contributed by atoms with E-state index in [1.54, 1.807) is 0 Å². The zero-order chi connectivity index (χ0) is 14.9. The van der Waals surface area contributed by atoms with Crippen molar-refractivity contribution in [3.8, 4) is 0 Å². The van der Waals surface area contributed by atoms with E-state index < -0.39 is 42.2 Å². The fourth-order valence-electron chi connectivity index (χ4n) is 1.74. The highest BCUT2D eigenvalue weighted by molar-refractivity contribution is 6.13. The molecule has 2 rings (SSSR count). The highest BCUT2D eigenvalue weighted by atomic mass is 16.7. The molecule has 9 heteroatoms. The van der Waals surface area contributed by atoms with Crippen molar-refractivity contribution in [2.45, 2.75) is 25.5 Å². The summed E-state index contributed by atoms with van der Waals surface area (Å²) in [4.78, 5) is 61.3. The van der Waals surface area contributed by atoms with Crippen molar-refractivity contribution in [1.29, 1.82) is 0 Å². The van der Waals surface area contributed by atoms with Crippen molar-refractivity contribution in [3.05, 3.63) is 12.2 Å². The van der Waals surface area contributed by atoms with Gasteiger partial charge in [-0.1, -0.05) is 0 Å². The number of nitrogens with zero attached hydrogens (tertiary/aromatic N) is 2. The van der Waals surface area contributed by atoms with Gasteiger partial charge < -0.3 is 9.94 Å². The largest absolute Gasteiger partial charge is 0.372 e. The summed E-state index contributed by atoms with van der Waals surface area (Å²) in [7, 11) is 0. The summed E-state index contributed by atoms with van der Waals surface area (Å²) in [6, 6.07) is 0. The Morgan fingerprint density at radius 1 is 1.15 bits per heavy atom. The van der Waals surface area contributed by atoms with Crippen LogP contribution in [-0.2, 0) is 28.8 Å². The number of rotatable bonds is 4. The maximum Gasteiger partial charge on any atom is 0.337 e. The van der Waals surface area contributed by atoms with E-state index in [4.69, 9.17) is 0 Å². The molecule has 0 bridgehead atoms. The van der Waals surface area contributed by atoms with Crippen LogP contribution in [0.3, 0.4) is 0 Å². The third kappa shape index (κ3) is 2.57. The molecule has 106 valence electrons. The summed E-state index contributed by atoms with van der Waals surface area (Å²) in [5.41, 5.74) is 0. The van der Waals surface area contributed by atoms with Crippen molar-refractivity contribution < 1.29 is 33.9 Å². The summed E-state index contributed by atoms with van der Waals surface area (Å²) in [6.45, 7) is 0. The van der Waals surface area contributed by atoms with Crippen LogP contribution in [0.25, 0.3) is 0 Å². The molecule has 1 N–H and O–H groups in total. The molecular weight excluding hydrogens is 272 g/mol. The molecule has 0 aromatic carbocycles. The lowest BCUT2D eigenvalue weighted by molar-refractivity contribution is -0.200. The van der Waals surface area contributed by atoms with Gasteiger partial charge >= 0.3 is 5.97 Å². The fourth-order valence-corrected chi connectivity index (χ4v) is 1.74. The first-order chi connectivity index (χ1) is 9.40. The zero-order valence-corrected chi connectivity index (χ0v) is 10.1. The number of aliphatic hydroxyl groups excluding tert-OH is 1. The van der Waals surface area contributed by atoms with Crippen LogP contribution >= 0.6 is 0 Å². The molecule has 0 aliphatic carbocycles. The maximum absolute atomic E-state index is 11.5. The number of hydrogen-bond acceptors (Lipinski definition) is 7. The minimum Gasteiger partial charge on any atom is -0.372 e. The van der Waals surface area contributed by atoms with Gasteiger partial charge in [0.05, 0.1) is 6.42 Å². The Morgan fingerprint density at radius 3 is 2.15 bits per heavy atom. The van der Waals surface area contributed by atoms with Crippen molar-refractivity contribution in [2.75, 3.05) is 0 Å². The van der Waals surface area contributed by atoms with E-state index in [9.17, 15) is 29.1 Å². The van der Waals surface area contributed by atoms with Gasteiger partial charge in [-0.25, -0.2) is 9.69 Å². The van der Waals surface area contributed by atoms with E-state index in [1.807, 2.05) is 0 Å². The zero-order valence-electron chi connectivity index (χ0n) is 10.1. The molecule has 0 spiro atoms. The summed E-state index contributed by atoms with van der Waals surface area (Å²) < 4.78 is 0. The van der Waals surface area contributed by atoms with Gasteiger partial charge in [0.15, 0.2) is 0 Å². The fraction of sp³-hybridized carbons (Fsp3) is 0.364. The van der Waals surface area contributed by atoms with Gasteiger partial charge in [0.1, 0.15) is 6.23 Å². The van der Waals surface area contributed by atoms with E-state index >= 15 is 0 Å². The molecule has 0 aromatic rings. The van der Waals surface area contributed by atoms with Gasteiger partial charge in [0.2, 0.25) is 0 Å². The Bertz CT molecular complexity index is 505. The number of amides is 4. The van der Waals surface area contributed by atoms with Crippen LogP contribution < -0.4 is 0 Å². The van der Waals surface area contributed by atoms with Crippen LogP contribution in [0.4, 0.5) is 0 Å². The van der Waals surface area contributed by atoms with Crippen LogP contribution in [0, 0.1) is 0 Å². The lowest BCUT2D eigenvalue weighted by Gasteiger charge is -2.21. The molecule has 1 fully saturated rings.